The molecule has 0 heterocycles. The molecular formula is C17H13BrN2O2. The van der Waals surface area contributed by atoms with E-state index in [1.807, 2.05) is 12.1 Å². The lowest BCUT2D eigenvalue weighted by atomic mass is 10.1. The number of nitriles is 1. The minimum Gasteiger partial charge on any atom is -0.497 e. The van der Waals surface area contributed by atoms with Gasteiger partial charge in [0.15, 0.2) is 0 Å². The van der Waals surface area contributed by atoms with E-state index < -0.39 is 5.91 Å². The molecule has 0 unspecified atom stereocenters. The summed E-state index contributed by atoms with van der Waals surface area (Å²) in [6, 6.07) is 16.2. The van der Waals surface area contributed by atoms with E-state index in [0.29, 0.717) is 11.4 Å². The Morgan fingerprint density at radius 1 is 1.27 bits per heavy atom. The molecule has 0 bridgehead atoms. The predicted octanol–water partition coefficient (Wildman–Crippen LogP) is 4.00. The molecule has 2 rings (SSSR count). The summed E-state index contributed by atoms with van der Waals surface area (Å²) in [4.78, 5) is 12.2. The Bertz CT molecular complexity index is 763. The Kier molecular flexibility index (Phi) is 5.34. The normalized spacial score (nSPS) is 10.7. The van der Waals surface area contributed by atoms with Crippen LogP contribution in [0, 0.1) is 11.3 Å². The third-order valence-electron chi connectivity index (χ3n) is 2.85. The Labute approximate surface area is 137 Å². The van der Waals surface area contributed by atoms with Crippen LogP contribution in [0.1, 0.15) is 5.56 Å². The minimum atomic E-state index is -0.455. The number of carbonyl (C=O) groups is 1. The number of methoxy groups -OCH3 is 1. The number of nitrogens with one attached hydrogen (secondary N) is 1. The molecule has 0 aromatic heterocycles. The van der Waals surface area contributed by atoms with E-state index in [0.717, 1.165) is 10.0 Å². The van der Waals surface area contributed by atoms with Gasteiger partial charge in [-0.2, -0.15) is 5.26 Å². The van der Waals surface area contributed by atoms with Crippen molar-refractivity contribution in [3.8, 4) is 11.8 Å². The van der Waals surface area contributed by atoms with Crippen molar-refractivity contribution in [2.45, 2.75) is 0 Å². The molecule has 0 aliphatic rings. The number of halogens is 1. The fraction of sp³-hybridized carbons (Fsp3) is 0.0588. The number of hydrogen-bond donors (Lipinski definition) is 1. The molecule has 2 aromatic rings. The topological polar surface area (TPSA) is 62.1 Å². The molecule has 4 nitrogen and oxygen atoms in total. The summed E-state index contributed by atoms with van der Waals surface area (Å²) >= 11 is 3.33. The van der Waals surface area contributed by atoms with Crippen LogP contribution in [0.5, 0.6) is 5.75 Å². The molecule has 0 saturated heterocycles. The Morgan fingerprint density at radius 3 is 2.73 bits per heavy atom. The summed E-state index contributed by atoms with van der Waals surface area (Å²) < 4.78 is 5.97. The first-order chi connectivity index (χ1) is 10.6. The highest BCUT2D eigenvalue weighted by molar-refractivity contribution is 9.10. The number of nitrogens with zero attached hydrogens (tertiary/aromatic N) is 1. The van der Waals surface area contributed by atoms with Crippen molar-refractivity contribution < 1.29 is 9.53 Å². The van der Waals surface area contributed by atoms with E-state index >= 15 is 0 Å². The zero-order chi connectivity index (χ0) is 15.9. The second kappa shape index (κ2) is 7.43. The number of hydrogen-bond acceptors (Lipinski definition) is 3. The van der Waals surface area contributed by atoms with Crippen molar-refractivity contribution in [1.29, 1.82) is 5.26 Å². The standard InChI is InChI=1S/C17H13BrN2O2/c1-22-16-7-2-4-12(9-16)8-13(11-19)17(21)20-15-6-3-5-14(18)10-15/h2-10H,1H3,(H,20,21)/b13-8+. The average Bonchev–Trinajstić information content (AvgIpc) is 2.52. The third-order valence-corrected chi connectivity index (χ3v) is 3.35. The quantitative estimate of drug-likeness (QED) is 0.665. The monoisotopic (exact) mass is 356 g/mol. The lowest BCUT2D eigenvalue weighted by molar-refractivity contribution is -0.112. The van der Waals surface area contributed by atoms with Gasteiger partial charge in [-0.25, -0.2) is 0 Å². The zero-order valence-corrected chi connectivity index (χ0v) is 13.4. The maximum Gasteiger partial charge on any atom is 0.266 e. The van der Waals surface area contributed by atoms with E-state index in [1.165, 1.54) is 6.08 Å². The first-order valence-electron chi connectivity index (χ1n) is 6.45. The Hall–Kier alpha value is -2.58. The van der Waals surface area contributed by atoms with Gasteiger partial charge >= 0.3 is 0 Å². The summed E-state index contributed by atoms with van der Waals surface area (Å²) in [7, 11) is 1.56. The van der Waals surface area contributed by atoms with Crippen molar-refractivity contribution in [2.75, 3.05) is 12.4 Å². The number of amides is 1. The van der Waals surface area contributed by atoms with E-state index in [4.69, 9.17) is 4.74 Å². The van der Waals surface area contributed by atoms with Crippen LogP contribution in [-0.2, 0) is 4.79 Å². The molecule has 0 fully saturated rings. The number of rotatable bonds is 4. The first-order valence-corrected chi connectivity index (χ1v) is 7.24. The largest absolute Gasteiger partial charge is 0.497 e. The van der Waals surface area contributed by atoms with Crippen molar-refractivity contribution in [3.63, 3.8) is 0 Å². The summed E-state index contributed by atoms with van der Waals surface area (Å²) in [5.74, 6) is 0.210. The van der Waals surface area contributed by atoms with Crippen LogP contribution in [0.15, 0.2) is 58.6 Å². The number of anilines is 1. The third kappa shape index (κ3) is 4.21. The highest BCUT2D eigenvalue weighted by atomic mass is 79.9. The molecule has 2 aromatic carbocycles. The molecule has 0 saturated carbocycles. The van der Waals surface area contributed by atoms with E-state index in [2.05, 4.69) is 21.2 Å². The number of ether oxygens (including phenoxy) is 1. The van der Waals surface area contributed by atoms with Gasteiger partial charge in [-0.15, -0.1) is 0 Å². The number of carbonyl (C=O) groups excluding carboxylic acids is 1. The van der Waals surface area contributed by atoms with Gasteiger partial charge in [0, 0.05) is 10.2 Å². The second-order valence-electron chi connectivity index (χ2n) is 4.41. The molecule has 0 aliphatic carbocycles. The maximum absolute atomic E-state index is 12.2. The molecular weight excluding hydrogens is 344 g/mol. The van der Waals surface area contributed by atoms with Gasteiger partial charge in [0.05, 0.1) is 7.11 Å². The summed E-state index contributed by atoms with van der Waals surface area (Å²) in [5, 5.41) is 11.9. The molecule has 0 aliphatic heterocycles. The summed E-state index contributed by atoms with van der Waals surface area (Å²) in [5.41, 5.74) is 1.36. The summed E-state index contributed by atoms with van der Waals surface area (Å²) in [6.45, 7) is 0. The van der Waals surface area contributed by atoms with Gasteiger partial charge in [0.2, 0.25) is 0 Å². The van der Waals surface area contributed by atoms with Crippen LogP contribution in [0.3, 0.4) is 0 Å². The van der Waals surface area contributed by atoms with Crippen molar-refractivity contribution >= 4 is 33.6 Å². The zero-order valence-electron chi connectivity index (χ0n) is 11.8. The van der Waals surface area contributed by atoms with Crippen LogP contribution in [-0.4, -0.2) is 13.0 Å². The van der Waals surface area contributed by atoms with Crippen LogP contribution in [0.2, 0.25) is 0 Å². The average molecular weight is 357 g/mol. The Balaban J connectivity index is 2.21. The van der Waals surface area contributed by atoms with Crippen LogP contribution in [0.4, 0.5) is 5.69 Å². The molecule has 0 radical (unpaired) electrons. The molecule has 22 heavy (non-hydrogen) atoms. The molecule has 1 amide bonds. The molecule has 0 spiro atoms. The molecule has 1 N–H and O–H groups in total. The minimum absolute atomic E-state index is 0.0215. The van der Waals surface area contributed by atoms with Crippen molar-refractivity contribution in [2.24, 2.45) is 0 Å². The number of benzene rings is 2. The molecule has 5 heteroatoms. The van der Waals surface area contributed by atoms with E-state index in [9.17, 15) is 10.1 Å². The van der Waals surface area contributed by atoms with E-state index in [-0.39, 0.29) is 5.57 Å². The van der Waals surface area contributed by atoms with Gasteiger partial charge in [0.25, 0.3) is 5.91 Å². The summed E-state index contributed by atoms with van der Waals surface area (Å²) in [6.07, 6.45) is 1.52. The van der Waals surface area contributed by atoms with Gasteiger partial charge in [0.1, 0.15) is 17.4 Å². The fourth-order valence-electron chi connectivity index (χ4n) is 1.81. The van der Waals surface area contributed by atoms with Crippen LogP contribution in [0.25, 0.3) is 6.08 Å². The predicted molar refractivity (Wildman–Crippen MR) is 89.4 cm³/mol. The second-order valence-corrected chi connectivity index (χ2v) is 5.33. The Morgan fingerprint density at radius 2 is 2.05 bits per heavy atom. The molecule has 110 valence electrons. The lowest BCUT2D eigenvalue weighted by Gasteiger charge is -2.05. The van der Waals surface area contributed by atoms with Crippen LogP contribution >= 0.6 is 15.9 Å². The fourth-order valence-corrected chi connectivity index (χ4v) is 2.21. The van der Waals surface area contributed by atoms with E-state index in [1.54, 1.807) is 49.6 Å². The van der Waals surface area contributed by atoms with Crippen molar-refractivity contribution in [3.05, 3.63) is 64.1 Å². The smallest absolute Gasteiger partial charge is 0.266 e. The van der Waals surface area contributed by atoms with Gasteiger partial charge < -0.3 is 10.1 Å². The molecule has 0 atom stereocenters. The van der Waals surface area contributed by atoms with Gasteiger partial charge in [-0.05, 0) is 42.0 Å². The van der Waals surface area contributed by atoms with Crippen molar-refractivity contribution in [1.82, 2.24) is 0 Å². The highest BCUT2D eigenvalue weighted by Crippen LogP contribution is 2.18. The van der Waals surface area contributed by atoms with Gasteiger partial charge in [-0.3, -0.25) is 4.79 Å². The maximum atomic E-state index is 12.2. The SMILES string of the molecule is COc1cccc(/C=C(\C#N)C(=O)Nc2cccc(Br)c2)c1. The lowest BCUT2D eigenvalue weighted by Crippen LogP contribution is -2.13. The van der Waals surface area contributed by atoms with Gasteiger partial charge in [-0.1, -0.05) is 34.1 Å². The highest BCUT2D eigenvalue weighted by Gasteiger charge is 2.09. The van der Waals surface area contributed by atoms with Crippen LogP contribution < -0.4 is 10.1 Å². The first kappa shape index (κ1) is 15.8.